The van der Waals surface area contributed by atoms with Gasteiger partial charge in [0.2, 0.25) is 0 Å². The molecule has 4 heteroatoms. The first-order valence-corrected chi connectivity index (χ1v) is 8.33. The topological polar surface area (TPSA) is 42.7 Å². The number of furan rings is 1. The normalized spacial score (nSPS) is 10.4. The Labute approximate surface area is 147 Å². The van der Waals surface area contributed by atoms with Crippen LogP contribution < -0.4 is 4.74 Å². The largest absolute Gasteiger partial charge is 0.484 e. The number of para-hydroxylation sites is 1. The molecule has 0 aliphatic heterocycles. The van der Waals surface area contributed by atoms with Gasteiger partial charge in [-0.3, -0.25) is 4.79 Å². The molecule has 128 valence electrons. The Morgan fingerprint density at radius 1 is 0.920 bits per heavy atom. The molecule has 0 saturated heterocycles. The van der Waals surface area contributed by atoms with Gasteiger partial charge in [0, 0.05) is 6.54 Å². The van der Waals surface area contributed by atoms with Crippen molar-refractivity contribution in [2.45, 2.75) is 13.0 Å². The van der Waals surface area contributed by atoms with Gasteiger partial charge in [0.1, 0.15) is 11.5 Å². The van der Waals surface area contributed by atoms with Gasteiger partial charge in [0.15, 0.2) is 6.61 Å². The fourth-order valence-electron chi connectivity index (χ4n) is 2.54. The Balaban J connectivity index is 1.61. The summed E-state index contributed by atoms with van der Waals surface area (Å²) in [6.07, 6.45) is 2.41. The van der Waals surface area contributed by atoms with E-state index in [1.54, 1.807) is 11.2 Å². The number of rotatable bonds is 8. The lowest BCUT2D eigenvalue weighted by Gasteiger charge is -2.22. The van der Waals surface area contributed by atoms with Crippen molar-refractivity contribution in [3.8, 4) is 5.75 Å². The fourth-order valence-corrected chi connectivity index (χ4v) is 2.54. The lowest BCUT2D eigenvalue weighted by molar-refractivity contribution is -0.134. The van der Waals surface area contributed by atoms with E-state index in [1.165, 1.54) is 5.56 Å². The first-order chi connectivity index (χ1) is 12.3. The molecule has 0 unspecified atom stereocenters. The zero-order valence-corrected chi connectivity index (χ0v) is 14.0. The van der Waals surface area contributed by atoms with E-state index < -0.39 is 0 Å². The molecular formula is C21H21NO3. The van der Waals surface area contributed by atoms with E-state index in [1.807, 2.05) is 60.7 Å². The second-order valence-electron chi connectivity index (χ2n) is 5.73. The van der Waals surface area contributed by atoms with Crippen LogP contribution in [0.4, 0.5) is 0 Å². The van der Waals surface area contributed by atoms with E-state index in [2.05, 4.69) is 12.1 Å². The first-order valence-electron chi connectivity index (χ1n) is 8.33. The minimum absolute atomic E-state index is 0.0134. The molecule has 4 nitrogen and oxygen atoms in total. The van der Waals surface area contributed by atoms with Crippen LogP contribution in [-0.2, 0) is 17.8 Å². The van der Waals surface area contributed by atoms with Gasteiger partial charge in [-0.05, 0) is 36.2 Å². The third-order valence-corrected chi connectivity index (χ3v) is 3.90. The Bertz CT molecular complexity index is 754. The summed E-state index contributed by atoms with van der Waals surface area (Å²) < 4.78 is 11.0. The monoisotopic (exact) mass is 335 g/mol. The van der Waals surface area contributed by atoms with Crippen molar-refractivity contribution < 1.29 is 13.9 Å². The predicted octanol–water partition coefficient (Wildman–Crippen LogP) is 3.93. The molecule has 0 radical (unpaired) electrons. The SMILES string of the molecule is O=C(COc1ccccc1)N(CCc1ccccc1)Cc1ccco1. The molecule has 1 aromatic heterocycles. The molecule has 0 saturated carbocycles. The van der Waals surface area contributed by atoms with Gasteiger partial charge in [0.05, 0.1) is 12.8 Å². The summed E-state index contributed by atoms with van der Waals surface area (Å²) >= 11 is 0. The van der Waals surface area contributed by atoms with Gasteiger partial charge in [-0.1, -0.05) is 48.5 Å². The standard InChI is InChI=1S/C21H21NO3/c23-21(17-25-19-10-5-2-6-11-19)22(16-20-12-7-15-24-20)14-13-18-8-3-1-4-9-18/h1-12,15H,13-14,16-17H2. The summed E-state index contributed by atoms with van der Waals surface area (Å²) in [5.41, 5.74) is 1.20. The smallest absolute Gasteiger partial charge is 0.260 e. The van der Waals surface area contributed by atoms with E-state index >= 15 is 0 Å². The average molecular weight is 335 g/mol. The summed E-state index contributed by atoms with van der Waals surface area (Å²) in [7, 11) is 0. The molecule has 1 amide bonds. The van der Waals surface area contributed by atoms with E-state index in [0.29, 0.717) is 18.8 Å². The molecule has 3 rings (SSSR count). The molecule has 0 spiro atoms. The van der Waals surface area contributed by atoms with E-state index in [0.717, 1.165) is 12.2 Å². The molecule has 0 atom stereocenters. The number of nitrogens with zero attached hydrogens (tertiary/aromatic N) is 1. The van der Waals surface area contributed by atoms with Gasteiger partial charge < -0.3 is 14.1 Å². The highest BCUT2D eigenvalue weighted by molar-refractivity contribution is 5.77. The lowest BCUT2D eigenvalue weighted by atomic mass is 10.1. The van der Waals surface area contributed by atoms with Crippen molar-refractivity contribution >= 4 is 5.91 Å². The summed E-state index contributed by atoms with van der Waals surface area (Å²) in [5.74, 6) is 1.40. The first kappa shape index (κ1) is 16.8. The third-order valence-electron chi connectivity index (χ3n) is 3.90. The van der Waals surface area contributed by atoms with Gasteiger partial charge in [0.25, 0.3) is 5.91 Å². The third kappa shape index (κ3) is 5.24. The van der Waals surface area contributed by atoms with E-state index in [9.17, 15) is 4.79 Å². The van der Waals surface area contributed by atoms with Gasteiger partial charge in [-0.2, -0.15) is 0 Å². The number of amides is 1. The zero-order chi connectivity index (χ0) is 17.3. The Morgan fingerprint density at radius 2 is 1.64 bits per heavy atom. The van der Waals surface area contributed by atoms with Crippen molar-refractivity contribution in [3.05, 3.63) is 90.4 Å². The molecule has 0 N–H and O–H groups in total. The highest BCUT2D eigenvalue weighted by atomic mass is 16.5. The number of hydrogen-bond donors (Lipinski definition) is 0. The molecule has 2 aromatic carbocycles. The summed E-state index contributed by atoms with van der Waals surface area (Å²) in [6.45, 7) is 1.07. The predicted molar refractivity (Wildman–Crippen MR) is 96.2 cm³/mol. The van der Waals surface area contributed by atoms with Crippen molar-refractivity contribution in [1.29, 1.82) is 0 Å². The van der Waals surface area contributed by atoms with Crippen LogP contribution >= 0.6 is 0 Å². The van der Waals surface area contributed by atoms with Gasteiger partial charge in [-0.15, -0.1) is 0 Å². The Kier molecular flexibility index (Phi) is 5.88. The van der Waals surface area contributed by atoms with Crippen LogP contribution in [0, 0.1) is 0 Å². The minimum atomic E-state index is -0.0591. The molecular weight excluding hydrogens is 314 g/mol. The summed E-state index contributed by atoms with van der Waals surface area (Å²) in [5, 5.41) is 0. The van der Waals surface area contributed by atoms with Crippen LogP contribution in [0.2, 0.25) is 0 Å². The fraction of sp³-hybridized carbons (Fsp3) is 0.190. The summed E-state index contributed by atoms with van der Waals surface area (Å²) in [6, 6.07) is 23.2. The quantitative estimate of drug-likeness (QED) is 0.626. The van der Waals surface area contributed by atoms with E-state index in [4.69, 9.17) is 9.15 Å². The maximum Gasteiger partial charge on any atom is 0.260 e. The van der Waals surface area contributed by atoms with Crippen LogP contribution in [0.15, 0.2) is 83.5 Å². The van der Waals surface area contributed by atoms with Gasteiger partial charge in [-0.25, -0.2) is 0 Å². The second-order valence-corrected chi connectivity index (χ2v) is 5.73. The number of ether oxygens (including phenoxy) is 1. The van der Waals surface area contributed by atoms with Crippen molar-refractivity contribution in [2.24, 2.45) is 0 Å². The number of benzene rings is 2. The average Bonchev–Trinajstić information content (AvgIpc) is 3.18. The highest BCUT2D eigenvalue weighted by Gasteiger charge is 2.16. The Hall–Kier alpha value is -3.01. The molecule has 0 bridgehead atoms. The molecule has 1 heterocycles. The van der Waals surface area contributed by atoms with E-state index in [-0.39, 0.29) is 12.5 Å². The molecule has 25 heavy (non-hydrogen) atoms. The zero-order valence-electron chi connectivity index (χ0n) is 14.0. The lowest BCUT2D eigenvalue weighted by Crippen LogP contribution is -2.36. The van der Waals surface area contributed by atoms with Crippen molar-refractivity contribution in [3.63, 3.8) is 0 Å². The van der Waals surface area contributed by atoms with Crippen LogP contribution in [-0.4, -0.2) is 24.0 Å². The second kappa shape index (κ2) is 8.73. The van der Waals surface area contributed by atoms with Crippen LogP contribution in [0.5, 0.6) is 5.75 Å². The van der Waals surface area contributed by atoms with Crippen molar-refractivity contribution in [2.75, 3.05) is 13.2 Å². The maximum absolute atomic E-state index is 12.6. The minimum Gasteiger partial charge on any atom is -0.484 e. The molecule has 0 fully saturated rings. The molecule has 0 aliphatic carbocycles. The van der Waals surface area contributed by atoms with Crippen molar-refractivity contribution in [1.82, 2.24) is 4.90 Å². The number of carbonyl (C=O) groups is 1. The highest BCUT2D eigenvalue weighted by Crippen LogP contribution is 2.11. The van der Waals surface area contributed by atoms with Crippen LogP contribution in [0.1, 0.15) is 11.3 Å². The van der Waals surface area contributed by atoms with Crippen LogP contribution in [0.3, 0.4) is 0 Å². The number of hydrogen-bond acceptors (Lipinski definition) is 3. The molecule has 0 aliphatic rings. The van der Waals surface area contributed by atoms with Crippen LogP contribution in [0.25, 0.3) is 0 Å². The maximum atomic E-state index is 12.6. The van der Waals surface area contributed by atoms with Gasteiger partial charge >= 0.3 is 0 Å². The summed E-state index contributed by atoms with van der Waals surface area (Å²) in [4.78, 5) is 14.4. The Morgan fingerprint density at radius 3 is 2.32 bits per heavy atom. The molecule has 3 aromatic rings. The number of carbonyl (C=O) groups excluding carboxylic acids is 1.